The van der Waals surface area contributed by atoms with E-state index in [0.717, 1.165) is 22.1 Å². The number of nitrogens with two attached hydrogens (primary N) is 1. The number of hydrogen-bond acceptors (Lipinski definition) is 6. The minimum Gasteiger partial charge on any atom is -0.457 e. The lowest BCUT2D eigenvalue weighted by Gasteiger charge is -2.13. The highest BCUT2D eigenvalue weighted by molar-refractivity contribution is 7.99. The summed E-state index contributed by atoms with van der Waals surface area (Å²) in [6.45, 7) is 2.05. The third-order valence-electron chi connectivity index (χ3n) is 3.06. The van der Waals surface area contributed by atoms with Gasteiger partial charge in [-0.15, -0.1) is 11.8 Å². The highest BCUT2D eigenvalue weighted by atomic mass is 32.2. The van der Waals surface area contributed by atoms with Gasteiger partial charge in [0.1, 0.15) is 11.5 Å². The summed E-state index contributed by atoms with van der Waals surface area (Å²) in [7, 11) is 1.27. The van der Waals surface area contributed by atoms with Gasteiger partial charge in [-0.05, 0) is 42.2 Å². The number of ether oxygens (including phenoxy) is 2. The summed E-state index contributed by atoms with van der Waals surface area (Å²) in [5, 5.41) is 5.35. The van der Waals surface area contributed by atoms with Gasteiger partial charge in [0.2, 0.25) is 0 Å². The number of carbonyl (C=O) groups excluding carboxylic acids is 1. The summed E-state index contributed by atoms with van der Waals surface area (Å²) in [6.07, 6.45) is -0.620. The lowest BCUT2D eigenvalue weighted by Crippen LogP contribution is -2.34. The number of carbonyl (C=O) groups is 1. The van der Waals surface area contributed by atoms with Crippen LogP contribution in [0.15, 0.2) is 47.4 Å². The van der Waals surface area contributed by atoms with Crippen molar-refractivity contribution in [2.75, 3.05) is 23.9 Å². The molecular weight excluding hydrogens is 358 g/mol. The molecule has 2 aromatic rings. The van der Waals surface area contributed by atoms with E-state index in [-0.39, 0.29) is 5.11 Å². The molecule has 4 N–H and O–H groups in total. The topological polar surface area (TPSA) is 85.6 Å². The molecule has 0 fully saturated rings. The molecule has 6 nitrogen and oxygen atoms in total. The number of thiocarbonyl (C=S) groups is 1. The van der Waals surface area contributed by atoms with E-state index in [0.29, 0.717) is 11.4 Å². The Labute approximate surface area is 156 Å². The number of anilines is 2. The zero-order valence-corrected chi connectivity index (χ0v) is 15.5. The maximum atomic E-state index is 11.0. The Kier molecular flexibility index (Phi) is 6.91. The number of para-hydroxylation sites is 1. The van der Waals surface area contributed by atoms with Crippen LogP contribution in [0.25, 0.3) is 0 Å². The van der Waals surface area contributed by atoms with E-state index in [2.05, 4.69) is 15.4 Å². The van der Waals surface area contributed by atoms with Crippen LogP contribution >= 0.6 is 24.0 Å². The van der Waals surface area contributed by atoms with Gasteiger partial charge in [-0.3, -0.25) is 5.32 Å². The van der Waals surface area contributed by atoms with Crippen LogP contribution in [0, 0.1) is 0 Å². The monoisotopic (exact) mass is 377 g/mol. The van der Waals surface area contributed by atoms with Gasteiger partial charge in [-0.2, -0.15) is 0 Å². The van der Waals surface area contributed by atoms with E-state index in [1.165, 1.54) is 7.11 Å². The molecule has 0 aromatic heterocycles. The molecule has 2 aromatic carbocycles. The SMILES string of the molecule is CCSc1cccc(NC(=S)NC(=O)OC)c1N.c1cc2cc(c1)O2. The highest BCUT2D eigenvalue weighted by Gasteiger charge is 2.08. The number of hydrogen-bond donors (Lipinski definition) is 3. The van der Waals surface area contributed by atoms with Crippen molar-refractivity contribution in [3.05, 3.63) is 42.5 Å². The van der Waals surface area contributed by atoms with Crippen molar-refractivity contribution in [1.29, 1.82) is 0 Å². The maximum absolute atomic E-state index is 11.0. The first-order valence-corrected chi connectivity index (χ1v) is 8.88. The number of benzene rings is 2. The minimum atomic E-state index is -0.620. The summed E-state index contributed by atoms with van der Waals surface area (Å²) >= 11 is 6.60. The Morgan fingerprint density at radius 2 is 1.92 bits per heavy atom. The van der Waals surface area contributed by atoms with Gasteiger partial charge < -0.3 is 20.5 Å². The molecular formula is C17H19N3O3S2. The molecule has 132 valence electrons. The Balaban J connectivity index is 0.000000261. The zero-order valence-electron chi connectivity index (χ0n) is 13.9. The van der Waals surface area contributed by atoms with E-state index in [4.69, 9.17) is 22.7 Å². The standard InChI is InChI=1S/C11H15N3O2S2.C6H4O/c1-3-18-8-6-4-5-7(9(8)12)13-10(17)14-11(15)16-2;1-2-5-4-6(3-1)7-5/h4-6H,3,12H2,1-2H3,(H2,13,14,15,17);1-4H. The Bertz CT molecular complexity index is 744. The van der Waals surface area contributed by atoms with Gasteiger partial charge in [0.25, 0.3) is 0 Å². The van der Waals surface area contributed by atoms with Crippen LogP contribution in [0.2, 0.25) is 0 Å². The molecule has 0 atom stereocenters. The van der Waals surface area contributed by atoms with Crippen LogP contribution in [-0.2, 0) is 4.74 Å². The van der Waals surface area contributed by atoms with Gasteiger partial charge in [0, 0.05) is 11.0 Å². The van der Waals surface area contributed by atoms with Crippen molar-refractivity contribution >= 4 is 46.6 Å². The fourth-order valence-corrected chi connectivity index (χ4v) is 2.86. The summed E-state index contributed by atoms with van der Waals surface area (Å²) in [5.41, 5.74) is 7.27. The second kappa shape index (κ2) is 9.14. The fourth-order valence-electron chi connectivity index (χ4n) is 1.91. The maximum Gasteiger partial charge on any atom is 0.413 e. The average molecular weight is 377 g/mol. The lowest BCUT2D eigenvalue weighted by molar-refractivity contribution is 0.177. The molecule has 2 bridgehead atoms. The number of fused-ring (bicyclic) bond motifs is 2. The van der Waals surface area contributed by atoms with Crippen molar-refractivity contribution in [3.63, 3.8) is 0 Å². The quantitative estimate of drug-likeness (QED) is 0.358. The number of methoxy groups -OCH3 is 1. The Morgan fingerprint density at radius 1 is 1.28 bits per heavy atom. The first-order valence-electron chi connectivity index (χ1n) is 7.48. The van der Waals surface area contributed by atoms with Crippen LogP contribution in [-0.4, -0.2) is 24.1 Å². The van der Waals surface area contributed by atoms with Crippen molar-refractivity contribution in [2.45, 2.75) is 11.8 Å². The lowest BCUT2D eigenvalue weighted by atomic mass is 10.2. The van der Waals surface area contributed by atoms with Gasteiger partial charge in [-0.25, -0.2) is 4.79 Å². The van der Waals surface area contributed by atoms with E-state index in [9.17, 15) is 4.79 Å². The normalized spacial score (nSPS) is 10.3. The van der Waals surface area contributed by atoms with E-state index in [1.807, 2.05) is 43.3 Å². The molecule has 2 aliphatic rings. The second-order valence-corrected chi connectivity index (χ2v) is 6.51. The van der Waals surface area contributed by atoms with Crippen LogP contribution in [0.5, 0.6) is 11.5 Å². The van der Waals surface area contributed by atoms with Crippen molar-refractivity contribution in [2.24, 2.45) is 0 Å². The summed E-state index contributed by atoms with van der Waals surface area (Å²) < 4.78 is 9.45. The van der Waals surface area contributed by atoms with Crippen molar-refractivity contribution < 1.29 is 14.3 Å². The molecule has 1 amide bonds. The molecule has 0 saturated carbocycles. The number of thioether (sulfide) groups is 1. The first-order chi connectivity index (χ1) is 12.0. The molecule has 2 aliphatic heterocycles. The molecule has 0 aliphatic carbocycles. The number of rotatable bonds is 3. The molecule has 4 rings (SSSR count). The molecule has 8 heteroatoms. The largest absolute Gasteiger partial charge is 0.457 e. The summed E-state index contributed by atoms with van der Waals surface area (Å²) in [5.74, 6) is 2.90. The van der Waals surface area contributed by atoms with E-state index < -0.39 is 6.09 Å². The molecule has 0 radical (unpaired) electrons. The molecule has 0 spiro atoms. The third kappa shape index (κ3) is 5.54. The minimum absolute atomic E-state index is 0.146. The smallest absolute Gasteiger partial charge is 0.413 e. The van der Waals surface area contributed by atoms with Crippen molar-refractivity contribution in [1.82, 2.24) is 5.32 Å². The number of alkyl carbamates (subject to hydrolysis) is 1. The fraction of sp³-hybridized carbons (Fsp3) is 0.176. The van der Waals surface area contributed by atoms with E-state index >= 15 is 0 Å². The highest BCUT2D eigenvalue weighted by Crippen LogP contribution is 2.33. The predicted molar refractivity (Wildman–Crippen MR) is 106 cm³/mol. The first kappa shape index (κ1) is 18.9. The van der Waals surface area contributed by atoms with Crippen LogP contribution in [0.4, 0.5) is 16.2 Å². The number of amides is 1. The van der Waals surface area contributed by atoms with Crippen LogP contribution < -0.4 is 21.1 Å². The van der Waals surface area contributed by atoms with Crippen molar-refractivity contribution in [3.8, 4) is 11.5 Å². The second-order valence-electron chi connectivity index (χ2n) is 4.80. The average Bonchev–Trinajstić information content (AvgIpc) is 2.59. The third-order valence-corrected chi connectivity index (χ3v) is 4.22. The summed E-state index contributed by atoms with van der Waals surface area (Å²) in [6, 6.07) is 13.5. The van der Waals surface area contributed by atoms with Crippen LogP contribution in [0.3, 0.4) is 0 Å². The molecule has 25 heavy (non-hydrogen) atoms. The van der Waals surface area contributed by atoms with Crippen LogP contribution in [0.1, 0.15) is 6.92 Å². The van der Waals surface area contributed by atoms with Gasteiger partial charge in [0.15, 0.2) is 5.11 Å². The zero-order chi connectivity index (χ0) is 18.2. The van der Waals surface area contributed by atoms with Gasteiger partial charge >= 0.3 is 6.09 Å². The number of nitrogens with one attached hydrogen (secondary N) is 2. The number of nitrogen functional groups attached to an aromatic ring is 1. The summed E-state index contributed by atoms with van der Waals surface area (Å²) in [4.78, 5) is 11.9. The Hall–Kier alpha value is -2.45. The predicted octanol–water partition coefficient (Wildman–Crippen LogP) is 4.23. The van der Waals surface area contributed by atoms with E-state index in [1.54, 1.807) is 17.8 Å². The van der Waals surface area contributed by atoms with Gasteiger partial charge in [-0.1, -0.05) is 19.1 Å². The molecule has 2 heterocycles. The Morgan fingerprint density at radius 3 is 2.40 bits per heavy atom. The van der Waals surface area contributed by atoms with Gasteiger partial charge in [0.05, 0.1) is 18.5 Å². The molecule has 0 unspecified atom stereocenters. The molecule has 0 saturated heterocycles.